The van der Waals surface area contributed by atoms with Gasteiger partial charge >= 0.3 is 0 Å². The van der Waals surface area contributed by atoms with E-state index in [9.17, 15) is 8.78 Å². The van der Waals surface area contributed by atoms with Gasteiger partial charge in [0.05, 0.1) is 6.61 Å². The van der Waals surface area contributed by atoms with E-state index in [-0.39, 0.29) is 17.4 Å². The maximum Gasteiger partial charge on any atom is 0.263 e. The first-order valence-electron chi connectivity index (χ1n) is 6.03. The van der Waals surface area contributed by atoms with Crippen molar-refractivity contribution in [3.63, 3.8) is 0 Å². The van der Waals surface area contributed by atoms with Crippen molar-refractivity contribution < 1.29 is 18.0 Å². The van der Waals surface area contributed by atoms with Crippen LogP contribution in [0.4, 0.5) is 8.78 Å². The molecular formula is C13H12F2N2O2. The molecule has 100 valence electrons. The summed E-state index contributed by atoms with van der Waals surface area (Å²) in [6, 6.07) is 2.56. The van der Waals surface area contributed by atoms with Crippen LogP contribution in [0.1, 0.15) is 23.7 Å². The van der Waals surface area contributed by atoms with Crippen molar-refractivity contribution in [3.05, 3.63) is 35.2 Å². The average Bonchev–Trinajstić information content (AvgIpc) is 3.04. The third-order valence-electron chi connectivity index (χ3n) is 3.23. The summed E-state index contributed by atoms with van der Waals surface area (Å²) in [7, 11) is 0. The second-order valence-corrected chi connectivity index (χ2v) is 4.57. The van der Waals surface area contributed by atoms with E-state index < -0.39 is 11.6 Å². The molecule has 0 radical (unpaired) electrons. The lowest BCUT2D eigenvalue weighted by Crippen LogP contribution is -2.00. The molecule has 0 amide bonds. The summed E-state index contributed by atoms with van der Waals surface area (Å²) in [6.45, 7) is 2.71. The van der Waals surface area contributed by atoms with Crippen molar-refractivity contribution >= 4 is 0 Å². The molecule has 2 heterocycles. The van der Waals surface area contributed by atoms with Crippen molar-refractivity contribution in [2.45, 2.75) is 19.3 Å². The van der Waals surface area contributed by atoms with Crippen LogP contribution in [0.3, 0.4) is 0 Å². The summed E-state index contributed by atoms with van der Waals surface area (Å²) in [5.74, 6) is -1.03. The summed E-state index contributed by atoms with van der Waals surface area (Å²) in [4.78, 5) is 4.09. The topological polar surface area (TPSA) is 48.2 Å². The van der Waals surface area contributed by atoms with Gasteiger partial charge in [-0.25, -0.2) is 8.78 Å². The molecule has 4 nitrogen and oxygen atoms in total. The van der Waals surface area contributed by atoms with Crippen molar-refractivity contribution in [2.75, 3.05) is 13.2 Å². The van der Waals surface area contributed by atoms with Crippen LogP contribution in [0.25, 0.3) is 11.5 Å². The van der Waals surface area contributed by atoms with E-state index in [0.717, 1.165) is 6.42 Å². The maximum atomic E-state index is 13.9. The van der Waals surface area contributed by atoms with E-state index in [1.165, 1.54) is 12.1 Å². The Balaban J connectivity index is 2.01. The lowest BCUT2D eigenvalue weighted by molar-refractivity contribution is 0.192. The minimum Gasteiger partial charge on any atom is -0.381 e. The van der Waals surface area contributed by atoms with Gasteiger partial charge in [-0.15, -0.1) is 0 Å². The standard InChI is InChI=1S/C13H12F2N2O2/c1-7-2-3-9(14)10(11(7)15)13-16-12(17-19-13)8-4-5-18-6-8/h2-3,8H,4-6H2,1H3/t8-/m1/s1. The first kappa shape index (κ1) is 12.2. The number of ether oxygens (including phenoxy) is 1. The van der Waals surface area contributed by atoms with E-state index in [0.29, 0.717) is 24.6 Å². The molecule has 1 aliphatic rings. The predicted molar refractivity (Wildman–Crippen MR) is 62.6 cm³/mol. The summed E-state index contributed by atoms with van der Waals surface area (Å²) in [5.41, 5.74) is 0.0676. The van der Waals surface area contributed by atoms with Gasteiger partial charge < -0.3 is 9.26 Å². The number of benzene rings is 1. The molecule has 0 bridgehead atoms. The monoisotopic (exact) mass is 266 g/mol. The fourth-order valence-electron chi connectivity index (χ4n) is 2.09. The highest BCUT2D eigenvalue weighted by molar-refractivity contribution is 5.56. The summed E-state index contributed by atoms with van der Waals surface area (Å²) in [5, 5.41) is 3.79. The lowest BCUT2D eigenvalue weighted by atomic mass is 10.1. The first-order valence-corrected chi connectivity index (χ1v) is 6.03. The highest BCUT2D eigenvalue weighted by Crippen LogP contribution is 2.29. The fraction of sp³-hybridized carbons (Fsp3) is 0.385. The largest absolute Gasteiger partial charge is 0.381 e. The van der Waals surface area contributed by atoms with Crippen LogP contribution in [0, 0.1) is 18.6 Å². The van der Waals surface area contributed by atoms with E-state index >= 15 is 0 Å². The molecule has 0 N–H and O–H groups in total. The van der Waals surface area contributed by atoms with Crippen LogP contribution in [0.2, 0.25) is 0 Å². The van der Waals surface area contributed by atoms with Gasteiger partial charge in [0.1, 0.15) is 17.2 Å². The van der Waals surface area contributed by atoms with Gasteiger partial charge in [0.2, 0.25) is 0 Å². The number of rotatable bonds is 2. The second-order valence-electron chi connectivity index (χ2n) is 4.57. The molecule has 1 atom stereocenters. The molecule has 1 fully saturated rings. The third-order valence-corrected chi connectivity index (χ3v) is 3.23. The van der Waals surface area contributed by atoms with Gasteiger partial charge in [-0.05, 0) is 25.0 Å². The minimum absolute atomic E-state index is 0.0356. The molecular weight excluding hydrogens is 254 g/mol. The number of aryl methyl sites for hydroxylation is 1. The zero-order chi connectivity index (χ0) is 13.4. The second kappa shape index (κ2) is 4.70. The van der Waals surface area contributed by atoms with E-state index in [1.54, 1.807) is 6.92 Å². The molecule has 1 aromatic carbocycles. The number of hydrogen-bond donors (Lipinski definition) is 0. The van der Waals surface area contributed by atoms with Gasteiger partial charge in [0.25, 0.3) is 5.89 Å². The molecule has 0 aliphatic carbocycles. The molecule has 19 heavy (non-hydrogen) atoms. The Morgan fingerprint density at radius 1 is 1.32 bits per heavy atom. The zero-order valence-electron chi connectivity index (χ0n) is 10.3. The van der Waals surface area contributed by atoms with Crippen LogP contribution >= 0.6 is 0 Å². The van der Waals surface area contributed by atoms with Gasteiger partial charge in [-0.2, -0.15) is 4.98 Å². The van der Waals surface area contributed by atoms with Crippen molar-refractivity contribution in [3.8, 4) is 11.5 Å². The van der Waals surface area contributed by atoms with Gasteiger partial charge in [-0.3, -0.25) is 0 Å². The van der Waals surface area contributed by atoms with Gasteiger partial charge in [-0.1, -0.05) is 11.2 Å². The molecule has 0 spiro atoms. The lowest BCUT2D eigenvalue weighted by Gasteiger charge is -2.02. The molecule has 6 heteroatoms. The average molecular weight is 266 g/mol. The van der Waals surface area contributed by atoms with Gasteiger partial charge in [0, 0.05) is 12.5 Å². The van der Waals surface area contributed by atoms with Crippen molar-refractivity contribution in [1.29, 1.82) is 0 Å². The Kier molecular flexibility index (Phi) is 3.02. The molecule has 0 saturated carbocycles. The fourth-order valence-corrected chi connectivity index (χ4v) is 2.09. The van der Waals surface area contributed by atoms with Crippen LogP contribution in [-0.4, -0.2) is 23.4 Å². The van der Waals surface area contributed by atoms with Crippen LogP contribution in [-0.2, 0) is 4.74 Å². The number of hydrogen-bond acceptors (Lipinski definition) is 4. The Bertz CT molecular complexity index is 607. The quantitative estimate of drug-likeness (QED) is 0.838. The Morgan fingerprint density at radius 3 is 2.89 bits per heavy atom. The normalized spacial score (nSPS) is 19.0. The highest BCUT2D eigenvalue weighted by Gasteiger charge is 2.25. The van der Waals surface area contributed by atoms with Crippen LogP contribution < -0.4 is 0 Å². The molecule has 1 aromatic heterocycles. The maximum absolute atomic E-state index is 13.9. The first-order chi connectivity index (χ1) is 9.16. The minimum atomic E-state index is -0.707. The summed E-state index contributed by atoms with van der Waals surface area (Å²) in [6.07, 6.45) is 0.789. The molecule has 3 rings (SSSR count). The highest BCUT2D eigenvalue weighted by atomic mass is 19.1. The van der Waals surface area contributed by atoms with Gasteiger partial charge in [0.15, 0.2) is 5.82 Å². The molecule has 1 saturated heterocycles. The Hall–Kier alpha value is -1.82. The van der Waals surface area contributed by atoms with E-state index in [2.05, 4.69) is 10.1 Å². The van der Waals surface area contributed by atoms with Crippen LogP contribution in [0.5, 0.6) is 0 Å². The molecule has 2 aromatic rings. The van der Waals surface area contributed by atoms with Crippen molar-refractivity contribution in [2.24, 2.45) is 0 Å². The Labute approximate surface area is 108 Å². The SMILES string of the molecule is Cc1ccc(F)c(-c2nc([C@@H]3CCOC3)no2)c1F. The smallest absolute Gasteiger partial charge is 0.263 e. The summed E-state index contributed by atoms with van der Waals surface area (Å²) < 4.78 is 37.9. The molecule has 1 aliphatic heterocycles. The van der Waals surface area contributed by atoms with Crippen LogP contribution in [0.15, 0.2) is 16.7 Å². The number of halogens is 2. The predicted octanol–water partition coefficient (Wildman–Crippen LogP) is 2.83. The van der Waals surface area contributed by atoms with E-state index in [4.69, 9.17) is 9.26 Å². The number of nitrogens with zero attached hydrogens (tertiary/aromatic N) is 2. The molecule has 0 unspecified atom stereocenters. The Morgan fingerprint density at radius 2 is 2.16 bits per heavy atom. The van der Waals surface area contributed by atoms with Crippen molar-refractivity contribution in [1.82, 2.24) is 10.1 Å². The zero-order valence-corrected chi connectivity index (χ0v) is 10.3. The van der Waals surface area contributed by atoms with E-state index in [1.807, 2.05) is 0 Å². The third kappa shape index (κ3) is 2.12. The summed E-state index contributed by atoms with van der Waals surface area (Å²) >= 11 is 0. The number of aromatic nitrogens is 2.